The van der Waals surface area contributed by atoms with Gasteiger partial charge in [0.05, 0.1) is 6.61 Å². The Labute approximate surface area is 120 Å². The average Bonchev–Trinajstić information content (AvgIpc) is 2.49. The summed E-state index contributed by atoms with van der Waals surface area (Å²) >= 11 is 0. The van der Waals surface area contributed by atoms with E-state index in [1.54, 1.807) is 19.1 Å². The highest BCUT2D eigenvalue weighted by atomic mass is 19.1. The van der Waals surface area contributed by atoms with E-state index >= 15 is 0 Å². The molecule has 0 aliphatic heterocycles. The van der Waals surface area contributed by atoms with Crippen molar-refractivity contribution in [3.05, 3.63) is 59.3 Å². The molecule has 2 aromatic rings. The maximum Gasteiger partial charge on any atom is 0.341 e. The normalized spacial score (nSPS) is 10.2. The van der Waals surface area contributed by atoms with Crippen LogP contribution in [0.25, 0.3) is 0 Å². The van der Waals surface area contributed by atoms with Crippen molar-refractivity contribution in [2.45, 2.75) is 13.5 Å². The number of rotatable bonds is 5. The van der Waals surface area contributed by atoms with Crippen LogP contribution in [-0.2, 0) is 11.3 Å². The van der Waals surface area contributed by atoms with Crippen LogP contribution in [0, 0.1) is 11.6 Å². The van der Waals surface area contributed by atoms with Gasteiger partial charge in [-0.1, -0.05) is 0 Å². The number of anilines is 1. The quantitative estimate of drug-likeness (QED) is 0.860. The van der Waals surface area contributed by atoms with Crippen LogP contribution in [0.3, 0.4) is 0 Å². The summed E-state index contributed by atoms with van der Waals surface area (Å²) in [5.41, 5.74) is 0.395. The molecule has 1 N–H and O–H groups in total. The van der Waals surface area contributed by atoms with Gasteiger partial charge in [0.15, 0.2) is 0 Å². The number of carbonyl (C=O) groups is 1. The molecule has 1 aromatic carbocycles. The molecule has 0 fully saturated rings. The molecule has 0 unspecified atom stereocenters. The van der Waals surface area contributed by atoms with Crippen LogP contribution in [0.2, 0.25) is 0 Å². The Bertz CT molecular complexity index is 647. The van der Waals surface area contributed by atoms with Gasteiger partial charge in [-0.3, -0.25) is 0 Å². The third kappa shape index (κ3) is 3.75. The first kappa shape index (κ1) is 14.9. The van der Waals surface area contributed by atoms with E-state index in [1.165, 1.54) is 6.20 Å². The first-order valence-electron chi connectivity index (χ1n) is 6.41. The summed E-state index contributed by atoms with van der Waals surface area (Å²) in [6.07, 6.45) is 1.49. The number of esters is 1. The fourth-order valence-electron chi connectivity index (χ4n) is 1.78. The zero-order chi connectivity index (χ0) is 15.2. The molecule has 21 heavy (non-hydrogen) atoms. The number of hydrogen-bond donors (Lipinski definition) is 1. The molecule has 0 radical (unpaired) electrons. The fraction of sp³-hybridized carbons (Fsp3) is 0.200. The highest BCUT2D eigenvalue weighted by molar-refractivity contribution is 5.94. The van der Waals surface area contributed by atoms with Crippen molar-refractivity contribution in [1.29, 1.82) is 0 Å². The molecule has 0 amide bonds. The van der Waals surface area contributed by atoms with Crippen LogP contribution < -0.4 is 5.32 Å². The molecule has 110 valence electrons. The maximum atomic E-state index is 13.5. The summed E-state index contributed by atoms with van der Waals surface area (Å²) in [5.74, 6) is -1.32. The van der Waals surface area contributed by atoms with E-state index in [-0.39, 0.29) is 30.1 Å². The lowest BCUT2D eigenvalue weighted by atomic mass is 10.2. The van der Waals surface area contributed by atoms with Gasteiger partial charge in [0, 0.05) is 18.3 Å². The average molecular weight is 292 g/mol. The Kier molecular flexibility index (Phi) is 4.81. The van der Waals surface area contributed by atoms with Gasteiger partial charge >= 0.3 is 5.97 Å². The first-order chi connectivity index (χ1) is 10.1. The Hall–Kier alpha value is -2.50. The van der Waals surface area contributed by atoms with Crippen LogP contribution in [-0.4, -0.2) is 17.6 Å². The highest BCUT2D eigenvalue weighted by Gasteiger charge is 2.13. The lowest BCUT2D eigenvalue weighted by Crippen LogP contribution is -2.11. The molecular weight excluding hydrogens is 278 g/mol. The van der Waals surface area contributed by atoms with Gasteiger partial charge in [0.1, 0.15) is 23.0 Å². The number of carbonyl (C=O) groups excluding carboxylic acids is 1. The van der Waals surface area contributed by atoms with Gasteiger partial charge in [-0.2, -0.15) is 0 Å². The number of nitrogens with one attached hydrogen (secondary N) is 1. The molecular formula is C15H14F2N2O2. The van der Waals surface area contributed by atoms with Gasteiger partial charge in [-0.25, -0.2) is 18.6 Å². The smallest absolute Gasteiger partial charge is 0.341 e. The monoisotopic (exact) mass is 292 g/mol. The third-order valence-corrected chi connectivity index (χ3v) is 2.76. The Balaban J connectivity index is 2.16. The van der Waals surface area contributed by atoms with Crippen LogP contribution in [0.1, 0.15) is 22.8 Å². The first-order valence-corrected chi connectivity index (χ1v) is 6.41. The Morgan fingerprint density at radius 3 is 2.90 bits per heavy atom. The molecule has 0 spiro atoms. The van der Waals surface area contributed by atoms with Gasteiger partial charge in [0.2, 0.25) is 0 Å². The Morgan fingerprint density at radius 2 is 2.14 bits per heavy atom. The van der Waals surface area contributed by atoms with E-state index in [0.717, 1.165) is 18.2 Å². The molecule has 4 nitrogen and oxygen atoms in total. The van der Waals surface area contributed by atoms with Crippen LogP contribution in [0.4, 0.5) is 14.6 Å². The largest absolute Gasteiger partial charge is 0.462 e. The second-order valence-corrected chi connectivity index (χ2v) is 4.21. The van der Waals surface area contributed by atoms with Crippen LogP contribution in [0.5, 0.6) is 0 Å². The van der Waals surface area contributed by atoms with Crippen molar-refractivity contribution >= 4 is 11.8 Å². The number of nitrogens with zero attached hydrogens (tertiary/aromatic N) is 1. The van der Waals surface area contributed by atoms with Crippen molar-refractivity contribution in [2.75, 3.05) is 11.9 Å². The molecule has 1 heterocycles. The molecule has 0 aliphatic rings. The molecule has 2 rings (SSSR count). The summed E-state index contributed by atoms with van der Waals surface area (Å²) < 4.78 is 31.5. The molecule has 0 atom stereocenters. The molecule has 6 heteroatoms. The van der Waals surface area contributed by atoms with Crippen LogP contribution >= 0.6 is 0 Å². The third-order valence-electron chi connectivity index (χ3n) is 2.76. The minimum Gasteiger partial charge on any atom is -0.462 e. The molecule has 0 aliphatic carbocycles. The number of aromatic nitrogens is 1. The number of hydrogen-bond acceptors (Lipinski definition) is 4. The number of halogens is 2. The number of ether oxygens (including phenoxy) is 1. The van der Waals surface area contributed by atoms with Crippen molar-refractivity contribution < 1.29 is 18.3 Å². The van der Waals surface area contributed by atoms with E-state index in [0.29, 0.717) is 0 Å². The number of benzene rings is 1. The summed E-state index contributed by atoms with van der Waals surface area (Å²) in [5, 5.41) is 2.82. The predicted octanol–water partition coefficient (Wildman–Crippen LogP) is 3.15. The van der Waals surface area contributed by atoms with E-state index in [4.69, 9.17) is 4.74 Å². The summed E-state index contributed by atoms with van der Waals surface area (Å²) in [7, 11) is 0. The summed E-state index contributed by atoms with van der Waals surface area (Å²) in [6, 6.07) is 6.34. The van der Waals surface area contributed by atoms with E-state index in [9.17, 15) is 13.6 Å². The van der Waals surface area contributed by atoms with E-state index in [2.05, 4.69) is 10.3 Å². The van der Waals surface area contributed by atoms with Crippen LogP contribution in [0.15, 0.2) is 36.5 Å². The highest BCUT2D eigenvalue weighted by Crippen LogP contribution is 2.16. The second kappa shape index (κ2) is 6.78. The van der Waals surface area contributed by atoms with Crippen molar-refractivity contribution in [2.24, 2.45) is 0 Å². The van der Waals surface area contributed by atoms with E-state index in [1.807, 2.05) is 0 Å². The van der Waals surface area contributed by atoms with Gasteiger partial charge in [-0.15, -0.1) is 0 Å². The zero-order valence-corrected chi connectivity index (χ0v) is 11.4. The molecule has 1 aromatic heterocycles. The van der Waals surface area contributed by atoms with Crippen molar-refractivity contribution in [3.63, 3.8) is 0 Å². The summed E-state index contributed by atoms with van der Waals surface area (Å²) in [6.45, 7) is 1.95. The van der Waals surface area contributed by atoms with Gasteiger partial charge in [-0.05, 0) is 37.3 Å². The predicted molar refractivity (Wildman–Crippen MR) is 73.9 cm³/mol. The zero-order valence-electron chi connectivity index (χ0n) is 11.4. The van der Waals surface area contributed by atoms with Gasteiger partial charge < -0.3 is 10.1 Å². The summed E-state index contributed by atoms with van der Waals surface area (Å²) in [4.78, 5) is 15.8. The molecule has 0 saturated heterocycles. The maximum absolute atomic E-state index is 13.5. The lowest BCUT2D eigenvalue weighted by molar-refractivity contribution is 0.0527. The standard InChI is InChI=1S/C15H14F2N2O2/c1-2-21-15(20)12-4-3-7-18-14(12)19-9-10-8-11(16)5-6-13(10)17/h3-8H,2,9H2,1H3,(H,18,19). The van der Waals surface area contributed by atoms with Crippen molar-refractivity contribution in [1.82, 2.24) is 4.98 Å². The van der Waals surface area contributed by atoms with Crippen molar-refractivity contribution in [3.8, 4) is 0 Å². The van der Waals surface area contributed by atoms with Gasteiger partial charge in [0.25, 0.3) is 0 Å². The van der Waals surface area contributed by atoms with E-state index < -0.39 is 17.6 Å². The lowest BCUT2D eigenvalue weighted by Gasteiger charge is -2.10. The SMILES string of the molecule is CCOC(=O)c1cccnc1NCc1cc(F)ccc1F. The molecule has 0 saturated carbocycles. The topological polar surface area (TPSA) is 51.2 Å². The number of pyridine rings is 1. The fourth-order valence-corrected chi connectivity index (χ4v) is 1.78. The second-order valence-electron chi connectivity index (χ2n) is 4.21. The Morgan fingerprint density at radius 1 is 1.33 bits per heavy atom. The minimum absolute atomic E-state index is 0.00696. The molecule has 0 bridgehead atoms. The minimum atomic E-state index is -0.530.